The van der Waals surface area contributed by atoms with Crippen LogP contribution in [0.25, 0.3) is 0 Å². The Morgan fingerprint density at radius 3 is 2.55 bits per heavy atom. The summed E-state index contributed by atoms with van der Waals surface area (Å²) in [6, 6.07) is -1.32. The minimum absolute atomic E-state index is 0.0277. The summed E-state index contributed by atoms with van der Waals surface area (Å²) in [7, 11) is 0. The molecular weight excluding hydrogens is 392 g/mol. The van der Waals surface area contributed by atoms with Crippen LogP contribution in [0.15, 0.2) is 24.3 Å². The van der Waals surface area contributed by atoms with E-state index in [1.165, 1.54) is 16.7 Å². The Morgan fingerprint density at radius 1 is 1.17 bits per heavy atom. The Bertz CT molecular complexity index is 811. The van der Waals surface area contributed by atoms with Crippen LogP contribution in [-0.2, 0) is 19.1 Å². The van der Waals surface area contributed by atoms with Gasteiger partial charge in [-0.3, -0.25) is 14.4 Å². The molecule has 0 aliphatic carbocycles. The van der Waals surface area contributed by atoms with Gasteiger partial charge in [-0.25, -0.2) is 0 Å². The number of nitrogens with zero attached hydrogens (tertiary/aromatic N) is 2. The van der Waals surface area contributed by atoms with Gasteiger partial charge >= 0.3 is 5.97 Å². The zero-order chi connectivity index (χ0) is 21.1. The van der Waals surface area contributed by atoms with Gasteiger partial charge in [0.2, 0.25) is 11.8 Å². The van der Waals surface area contributed by atoms with Crippen LogP contribution in [-0.4, -0.2) is 80.1 Å². The molecule has 0 radical (unpaired) electrons. The number of fused-ring (bicyclic) bond motifs is 2. The maximum atomic E-state index is 13.7. The lowest BCUT2D eigenvalue weighted by atomic mass is 9.75. The maximum Gasteiger partial charge on any atom is 0.311 e. The second kappa shape index (κ2) is 6.87. The second-order valence-electron chi connectivity index (χ2n) is 8.79. The predicted molar refractivity (Wildman–Crippen MR) is 109 cm³/mol. The fraction of sp³-hybridized carbons (Fsp3) is 0.667. The van der Waals surface area contributed by atoms with Crippen molar-refractivity contribution >= 4 is 29.5 Å². The van der Waals surface area contributed by atoms with E-state index < -0.39 is 39.4 Å². The van der Waals surface area contributed by atoms with Gasteiger partial charge < -0.3 is 19.6 Å². The van der Waals surface area contributed by atoms with Crippen molar-refractivity contribution in [2.24, 2.45) is 11.8 Å². The summed E-state index contributed by atoms with van der Waals surface area (Å²) in [6.07, 6.45) is 7.69. The van der Waals surface area contributed by atoms with E-state index >= 15 is 0 Å². The number of amides is 2. The normalized spacial score (nSPS) is 39.8. The zero-order valence-corrected chi connectivity index (χ0v) is 18.0. The first-order valence-corrected chi connectivity index (χ1v) is 11.0. The quantitative estimate of drug-likeness (QED) is 0.541. The number of carbonyl (C=O) groups is 3. The third kappa shape index (κ3) is 2.71. The van der Waals surface area contributed by atoms with E-state index in [9.17, 15) is 19.5 Å². The van der Waals surface area contributed by atoms with Crippen molar-refractivity contribution < 1.29 is 24.2 Å². The predicted octanol–water partition coefficient (Wildman–Crippen LogP) is 0.974. The molecule has 7 nitrogen and oxygen atoms in total. The van der Waals surface area contributed by atoms with Crippen molar-refractivity contribution in [1.82, 2.24) is 9.80 Å². The number of ether oxygens (including phenoxy) is 1. The smallest absolute Gasteiger partial charge is 0.311 e. The number of thioether (sulfide) groups is 1. The van der Waals surface area contributed by atoms with E-state index in [2.05, 4.69) is 0 Å². The molecule has 0 bridgehead atoms. The van der Waals surface area contributed by atoms with Crippen LogP contribution in [0.5, 0.6) is 0 Å². The molecule has 1 N–H and O–H groups in total. The average Bonchev–Trinajstić information content (AvgIpc) is 2.92. The molecule has 0 aromatic rings. The Kier molecular flexibility index (Phi) is 4.85. The van der Waals surface area contributed by atoms with Crippen LogP contribution in [0.4, 0.5) is 0 Å². The van der Waals surface area contributed by atoms with Gasteiger partial charge in [-0.15, -0.1) is 11.8 Å². The summed E-state index contributed by atoms with van der Waals surface area (Å²) in [5, 5.41) is 9.83. The number of carbonyl (C=O) groups excluding carboxylic acids is 3. The van der Waals surface area contributed by atoms with Crippen LogP contribution in [0.3, 0.4) is 0 Å². The average molecular weight is 421 g/mol. The van der Waals surface area contributed by atoms with Crippen molar-refractivity contribution in [1.29, 1.82) is 0 Å². The Hall–Kier alpha value is -1.80. The summed E-state index contributed by atoms with van der Waals surface area (Å²) >= 11 is 1.52. The van der Waals surface area contributed by atoms with E-state index in [1.54, 1.807) is 11.8 Å². The molecule has 158 valence electrons. The number of cyclic esters (lactones) is 1. The van der Waals surface area contributed by atoms with E-state index in [-0.39, 0.29) is 31.1 Å². The summed E-state index contributed by atoms with van der Waals surface area (Å²) in [5.41, 5.74) is 0. The van der Waals surface area contributed by atoms with E-state index in [1.807, 2.05) is 45.1 Å². The van der Waals surface area contributed by atoms with Crippen LogP contribution >= 0.6 is 11.8 Å². The third-order valence-corrected chi connectivity index (χ3v) is 8.44. The van der Waals surface area contributed by atoms with E-state index in [0.717, 1.165) is 0 Å². The number of aliphatic hydroxyl groups excluding tert-OH is 1. The summed E-state index contributed by atoms with van der Waals surface area (Å²) in [5.74, 6) is -2.18. The van der Waals surface area contributed by atoms with Gasteiger partial charge in [0.15, 0.2) is 0 Å². The largest absolute Gasteiger partial charge is 0.461 e. The monoisotopic (exact) mass is 420 g/mol. The zero-order valence-electron chi connectivity index (χ0n) is 17.2. The molecule has 4 rings (SSSR count). The molecule has 1 unspecified atom stereocenters. The minimum Gasteiger partial charge on any atom is -0.461 e. The van der Waals surface area contributed by atoms with Gasteiger partial charge in [-0.2, -0.15) is 0 Å². The third-order valence-electron chi connectivity index (χ3n) is 6.64. The molecular formula is C21H28N2O5S. The van der Waals surface area contributed by atoms with Crippen molar-refractivity contribution in [3.8, 4) is 0 Å². The number of hydrogen-bond donors (Lipinski definition) is 1. The van der Waals surface area contributed by atoms with Gasteiger partial charge in [0.25, 0.3) is 0 Å². The molecule has 4 aliphatic heterocycles. The molecule has 2 fully saturated rings. The molecule has 4 aliphatic rings. The Morgan fingerprint density at radius 2 is 1.90 bits per heavy atom. The first kappa shape index (κ1) is 20.5. The summed E-state index contributed by atoms with van der Waals surface area (Å²) < 4.78 is 3.86. The SMILES string of the molecule is CC(C)N1CC=C[C@]23S[C@@]4(C)C=CCOC(=O)[C@H]4[C@H]2C(=O)N([C@H](C)CO)C3C1=O. The lowest BCUT2D eigenvalue weighted by molar-refractivity contribution is -0.153. The van der Waals surface area contributed by atoms with Crippen LogP contribution < -0.4 is 0 Å². The minimum atomic E-state index is -0.874. The lowest BCUT2D eigenvalue weighted by Gasteiger charge is -2.39. The topological polar surface area (TPSA) is 87.2 Å². The second-order valence-corrected chi connectivity index (χ2v) is 10.6. The van der Waals surface area contributed by atoms with Gasteiger partial charge in [0, 0.05) is 17.3 Å². The van der Waals surface area contributed by atoms with Gasteiger partial charge in [0.05, 0.1) is 29.2 Å². The Labute approximate surface area is 175 Å². The molecule has 0 aromatic heterocycles. The standard InChI is InChI=1S/C21H28N2O5S/c1-12(2)22-9-5-8-21-14(15-19(27)28-10-6-7-20(15,4)29-21)17(25)23(13(3)11-24)16(21)18(22)26/h5-8,12-16,24H,9-11H2,1-4H3/t13-,14+,15-,16?,20+,21+/m1/s1. The molecule has 0 saturated carbocycles. The fourth-order valence-electron chi connectivity index (χ4n) is 5.34. The summed E-state index contributed by atoms with van der Waals surface area (Å²) in [6.45, 7) is 7.99. The highest BCUT2D eigenvalue weighted by Gasteiger charge is 2.74. The maximum absolute atomic E-state index is 13.7. The van der Waals surface area contributed by atoms with Crippen LogP contribution in [0, 0.1) is 11.8 Å². The molecule has 8 heteroatoms. The molecule has 6 atom stereocenters. The van der Waals surface area contributed by atoms with Crippen molar-refractivity contribution in [3.05, 3.63) is 24.3 Å². The van der Waals surface area contributed by atoms with Crippen molar-refractivity contribution in [2.75, 3.05) is 19.8 Å². The molecule has 29 heavy (non-hydrogen) atoms. The van der Waals surface area contributed by atoms with Gasteiger partial charge in [0.1, 0.15) is 12.6 Å². The van der Waals surface area contributed by atoms with Crippen molar-refractivity contribution in [3.63, 3.8) is 0 Å². The van der Waals surface area contributed by atoms with Crippen LogP contribution in [0.1, 0.15) is 27.7 Å². The highest BCUT2D eigenvalue weighted by Crippen LogP contribution is 2.65. The lowest BCUT2D eigenvalue weighted by Crippen LogP contribution is -2.57. The van der Waals surface area contributed by atoms with Gasteiger partial charge in [-0.1, -0.05) is 18.2 Å². The summed E-state index contributed by atoms with van der Waals surface area (Å²) in [4.78, 5) is 43.6. The number of rotatable bonds is 3. The highest BCUT2D eigenvalue weighted by atomic mass is 32.2. The molecule has 0 aromatic carbocycles. The molecule has 4 heterocycles. The molecule has 2 saturated heterocycles. The first-order valence-electron chi connectivity index (χ1n) is 10.1. The fourth-order valence-corrected chi connectivity index (χ4v) is 7.48. The Balaban J connectivity index is 1.91. The molecule has 2 amide bonds. The number of likely N-dealkylation sites (tertiary alicyclic amines) is 1. The number of aliphatic hydroxyl groups is 1. The van der Waals surface area contributed by atoms with E-state index in [4.69, 9.17) is 4.74 Å². The highest BCUT2D eigenvalue weighted by molar-refractivity contribution is 8.02. The van der Waals surface area contributed by atoms with Gasteiger partial charge in [-0.05, 0) is 33.8 Å². The van der Waals surface area contributed by atoms with Crippen molar-refractivity contribution in [2.45, 2.75) is 55.3 Å². The molecule has 1 spiro atoms. The number of esters is 1. The van der Waals surface area contributed by atoms with E-state index in [0.29, 0.717) is 6.54 Å². The first-order chi connectivity index (χ1) is 13.7. The number of hydrogen-bond acceptors (Lipinski definition) is 6. The van der Waals surface area contributed by atoms with Crippen LogP contribution in [0.2, 0.25) is 0 Å².